The Hall–Kier alpha value is -1.58. The van der Waals surface area contributed by atoms with Gasteiger partial charge in [-0.3, -0.25) is 4.79 Å². The van der Waals surface area contributed by atoms with Crippen LogP contribution in [0.1, 0.15) is 60.8 Å². The molecule has 0 aromatic carbocycles. The molecule has 0 aromatic rings. The third-order valence-corrected chi connectivity index (χ3v) is 3.92. The summed E-state index contributed by atoms with van der Waals surface area (Å²) in [5.74, 6) is 1.16. The Kier molecular flexibility index (Phi) is 6.39. The summed E-state index contributed by atoms with van der Waals surface area (Å²) < 4.78 is 0. The number of rotatable bonds is 8. The first-order valence-electron chi connectivity index (χ1n) is 8.18. The van der Waals surface area contributed by atoms with Crippen molar-refractivity contribution in [2.24, 2.45) is 10.9 Å². The number of hydrogen-bond acceptors (Lipinski definition) is 3. The fourth-order valence-corrected chi connectivity index (χ4v) is 2.32. The van der Waals surface area contributed by atoms with Gasteiger partial charge < -0.3 is 10.6 Å². The van der Waals surface area contributed by atoms with Crippen molar-refractivity contribution < 1.29 is 4.79 Å². The van der Waals surface area contributed by atoms with E-state index in [9.17, 15) is 4.79 Å². The van der Waals surface area contributed by atoms with E-state index in [1.54, 1.807) is 0 Å². The molecule has 1 aliphatic carbocycles. The summed E-state index contributed by atoms with van der Waals surface area (Å²) in [6.07, 6.45) is 3.01. The standard InChI is InChI=1S/C18H31N3O/c1-8-14(16(19-7)21-18(6)9-10-18)15(13(4)5)17(22)20-11-12(2)3/h12,21H,7-11H2,1-6H3,(H,20,22)/b16-14-. The Morgan fingerprint density at radius 2 is 1.91 bits per heavy atom. The largest absolute Gasteiger partial charge is 0.365 e. The molecule has 0 spiro atoms. The van der Waals surface area contributed by atoms with Gasteiger partial charge in [0.15, 0.2) is 0 Å². The topological polar surface area (TPSA) is 53.5 Å². The molecule has 0 aliphatic heterocycles. The first-order valence-corrected chi connectivity index (χ1v) is 8.18. The Labute approximate surface area is 135 Å². The molecule has 1 rings (SSSR count). The number of nitrogens with zero attached hydrogens (tertiary/aromatic N) is 1. The summed E-state index contributed by atoms with van der Waals surface area (Å²) >= 11 is 0. The molecule has 0 aromatic heterocycles. The summed E-state index contributed by atoms with van der Waals surface area (Å²) in [6.45, 7) is 16.7. The predicted octanol–water partition coefficient (Wildman–Crippen LogP) is 3.56. The van der Waals surface area contributed by atoms with Crippen LogP contribution in [0.25, 0.3) is 0 Å². The van der Waals surface area contributed by atoms with Crippen LogP contribution in [0.15, 0.2) is 27.5 Å². The monoisotopic (exact) mass is 305 g/mol. The quantitative estimate of drug-likeness (QED) is 0.409. The van der Waals surface area contributed by atoms with Gasteiger partial charge in [0.2, 0.25) is 0 Å². The van der Waals surface area contributed by atoms with Gasteiger partial charge in [0.05, 0.1) is 0 Å². The van der Waals surface area contributed by atoms with E-state index in [0.29, 0.717) is 12.5 Å². The molecular weight excluding hydrogens is 274 g/mol. The molecule has 0 atom stereocenters. The highest BCUT2D eigenvalue weighted by molar-refractivity contribution is 5.98. The summed E-state index contributed by atoms with van der Waals surface area (Å²) in [7, 11) is 0. The van der Waals surface area contributed by atoms with E-state index in [2.05, 4.69) is 50.0 Å². The zero-order valence-electron chi connectivity index (χ0n) is 15.0. The Morgan fingerprint density at radius 1 is 1.32 bits per heavy atom. The van der Waals surface area contributed by atoms with Crippen molar-refractivity contribution in [1.82, 2.24) is 10.6 Å². The summed E-state index contributed by atoms with van der Waals surface area (Å²) in [4.78, 5) is 16.8. The van der Waals surface area contributed by atoms with E-state index in [4.69, 9.17) is 0 Å². The van der Waals surface area contributed by atoms with Crippen molar-refractivity contribution in [3.8, 4) is 0 Å². The third-order valence-electron chi connectivity index (χ3n) is 3.92. The van der Waals surface area contributed by atoms with E-state index >= 15 is 0 Å². The molecule has 2 N–H and O–H groups in total. The molecule has 0 unspecified atom stereocenters. The molecule has 1 aliphatic rings. The average Bonchev–Trinajstić information content (AvgIpc) is 3.17. The predicted molar refractivity (Wildman–Crippen MR) is 93.9 cm³/mol. The number of allylic oxidation sites excluding steroid dienone is 1. The SMILES string of the molecule is C=N/C(NC1(C)CC1)=C(\CC)C(C(=O)NCC(C)C)=C(C)C. The molecule has 4 nitrogen and oxygen atoms in total. The van der Waals surface area contributed by atoms with E-state index in [0.717, 1.165) is 41.8 Å². The number of carbonyl (C=O) groups is 1. The second kappa shape index (κ2) is 7.61. The maximum Gasteiger partial charge on any atom is 0.251 e. The summed E-state index contributed by atoms with van der Waals surface area (Å²) in [5, 5.41) is 6.47. The van der Waals surface area contributed by atoms with Crippen LogP contribution in [0.5, 0.6) is 0 Å². The van der Waals surface area contributed by atoms with Crippen LogP contribution in [-0.4, -0.2) is 24.7 Å². The van der Waals surface area contributed by atoms with E-state index in [1.807, 2.05) is 13.8 Å². The lowest BCUT2D eigenvalue weighted by Gasteiger charge is -2.20. The van der Waals surface area contributed by atoms with Gasteiger partial charge in [-0.25, -0.2) is 4.99 Å². The number of nitrogens with one attached hydrogen (secondary N) is 2. The number of amides is 1. The maximum atomic E-state index is 12.6. The van der Waals surface area contributed by atoms with Crippen LogP contribution >= 0.6 is 0 Å². The van der Waals surface area contributed by atoms with Crippen LogP contribution in [0.2, 0.25) is 0 Å². The highest BCUT2D eigenvalue weighted by Gasteiger charge is 2.38. The van der Waals surface area contributed by atoms with Crippen LogP contribution in [0.4, 0.5) is 0 Å². The molecule has 1 amide bonds. The van der Waals surface area contributed by atoms with Gasteiger partial charge in [-0.2, -0.15) is 0 Å². The van der Waals surface area contributed by atoms with Crippen molar-refractivity contribution in [3.63, 3.8) is 0 Å². The minimum atomic E-state index is -0.0190. The smallest absolute Gasteiger partial charge is 0.251 e. The second-order valence-electron chi connectivity index (χ2n) is 7.00. The van der Waals surface area contributed by atoms with E-state index in [1.165, 1.54) is 0 Å². The van der Waals surface area contributed by atoms with Gasteiger partial charge >= 0.3 is 0 Å². The van der Waals surface area contributed by atoms with Gasteiger partial charge in [0.1, 0.15) is 5.82 Å². The lowest BCUT2D eigenvalue weighted by molar-refractivity contribution is -0.117. The van der Waals surface area contributed by atoms with Gasteiger partial charge in [0.25, 0.3) is 5.91 Å². The fraction of sp³-hybridized carbons (Fsp3) is 0.667. The second-order valence-corrected chi connectivity index (χ2v) is 7.00. The highest BCUT2D eigenvalue weighted by atomic mass is 16.1. The van der Waals surface area contributed by atoms with Crippen molar-refractivity contribution in [3.05, 3.63) is 22.5 Å². The van der Waals surface area contributed by atoms with Crippen molar-refractivity contribution in [2.75, 3.05) is 6.54 Å². The zero-order valence-corrected chi connectivity index (χ0v) is 15.0. The molecule has 0 saturated heterocycles. The molecule has 0 bridgehead atoms. The lowest BCUT2D eigenvalue weighted by atomic mass is 9.97. The number of hydrogen-bond donors (Lipinski definition) is 2. The molecular formula is C18H31N3O. The van der Waals surface area contributed by atoms with Gasteiger partial charge in [0, 0.05) is 23.2 Å². The third kappa shape index (κ3) is 5.00. The van der Waals surface area contributed by atoms with Crippen molar-refractivity contribution in [2.45, 2.75) is 66.3 Å². The van der Waals surface area contributed by atoms with Gasteiger partial charge in [-0.15, -0.1) is 0 Å². The average molecular weight is 305 g/mol. The normalized spacial score (nSPS) is 16.7. The fourth-order valence-electron chi connectivity index (χ4n) is 2.32. The maximum absolute atomic E-state index is 12.6. The highest BCUT2D eigenvalue weighted by Crippen LogP contribution is 2.36. The molecule has 1 saturated carbocycles. The first-order chi connectivity index (χ1) is 10.2. The van der Waals surface area contributed by atoms with Crippen molar-refractivity contribution >= 4 is 12.6 Å². The Balaban J connectivity index is 3.11. The van der Waals surface area contributed by atoms with E-state index in [-0.39, 0.29) is 11.4 Å². The Bertz CT molecular complexity index is 492. The summed E-state index contributed by atoms with van der Waals surface area (Å²) in [5.41, 5.74) is 2.80. The molecule has 22 heavy (non-hydrogen) atoms. The van der Waals surface area contributed by atoms with Gasteiger partial charge in [-0.1, -0.05) is 26.3 Å². The van der Waals surface area contributed by atoms with Crippen LogP contribution in [0, 0.1) is 5.92 Å². The molecule has 0 radical (unpaired) electrons. The molecule has 124 valence electrons. The molecule has 0 heterocycles. The molecule has 4 heteroatoms. The number of aliphatic imine (C=N–C) groups is 1. The van der Waals surface area contributed by atoms with E-state index < -0.39 is 0 Å². The lowest BCUT2D eigenvalue weighted by Crippen LogP contribution is -2.32. The Morgan fingerprint density at radius 3 is 2.27 bits per heavy atom. The molecule has 1 fully saturated rings. The minimum Gasteiger partial charge on any atom is -0.365 e. The number of carbonyl (C=O) groups excluding carboxylic acids is 1. The zero-order chi connectivity index (χ0) is 16.9. The van der Waals surface area contributed by atoms with Crippen LogP contribution < -0.4 is 10.6 Å². The van der Waals surface area contributed by atoms with Crippen LogP contribution in [0.3, 0.4) is 0 Å². The first kappa shape index (κ1) is 18.5. The summed E-state index contributed by atoms with van der Waals surface area (Å²) in [6, 6.07) is 0. The minimum absolute atomic E-state index is 0.0190. The van der Waals surface area contributed by atoms with Crippen molar-refractivity contribution in [1.29, 1.82) is 0 Å². The van der Waals surface area contributed by atoms with Crippen LogP contribution in [-0.2, 0) is 4.79 Å². The van der Waals surface area contributed by atoms with Gasteiger partial charge in [-0.05, 0) is 52.7 Å².